The van der Waals surface area contributed by atoms with Crippen LogP contribution in [0.1, 0.15) is 12.8 Å². The van der Waals surface area contributed by atoms with Crippen LogP contribution >= 0.6 is 0 Å². The molecule has 0 aliphatic rings. The van der Waals surface area contributed by atoms with Crippen molar-refractivity contribution in [2.45, 2.75) is 13.3 Å². The van der Waals surface area contributed by atoms with E-state index in [1.54, 1.807) is 18.2 Å². The summed E-state index contributed by atoms with van der Waals surface area (Å²) in [6.07, 6.45) is 4.56. The number of aromatic nitrogens is 1. The van der Waals surface area contributed by atoms with Gasteiger partial charge in [0.15, 0.2) is 17.0 Å². The van der Waals surface area contributed by atoms with Crippen LogP contribution in [-0.4, -0.2) is 10.1 Å². The van der Waals surface area contributed by atoms with Crippen LogP contribution in [0.25, 0.3) is 11.1 Å². The minimum Gasteiger partial charge on any atom is -0.506 e. The van der Waals surface area contributed by atoms with Crippen LogP contribution in [0.4, 0.5) is 0 Å². The van der Waals surface area contributed by atoms with Crippen LogP contribution in [0, 0.1) is 0 Å². The quantitative estimate of drug-likeness (QED) is 0.739. The monoisotopic (exact) mass is 189 g/mol. The van der Waals surface area contributed by atoms with Crippen molar-refractivity contribution in [2.24, 2.45) is 0 Å². The third-order valence-corrected chi connectivity index (χ3v) is 1.97. The second-order valence-electron chi connectivity index (χ2n) is 3.00. The van der Waals surface area contributed by atoms with Crippen LogP contribution in [-0.2, 0) is 6.42 Å². The average molecular weight is 189 g/mol. The lowest BCUT2D eigenvalue weighted by Crippen LogP contribution is -1.78. The summed E-state index contributed by atoms with van der Waals surface area (Å²) in [5.41, 5.74) is 1.16. The lowest BCUT2D eigenvalue weighted by Gasteiger charge is -1.87. The molecule has 2 aromatic rings. The summed E-state index contributed by atoms with van der Waals surface area (Å²) >= 11 is 0. The number of allylic oxidation sites excluding steroid dienone is 2. The number of nitrogens with zero attached hydrogens (tertiary/aromatic N) is 1. The van der Waals surface area contributed by atoms with E-state index in [-0.39, 0.29) is 5.75 Å². The predicted molar refractivity (Wildman–Crippen MR) is 54.2 cm³/mol. The molecule has 3 heteroatoms. The zero-order valence-corrected chi connectivity index (χ0v) is 7.90. The molecule has 0 atom stereocenters. The van der Waals surface area contributed by atoms with Crippen LogP contribution in [0.15, 0.2) is 34.8 Å². The largest absolute Gasteiger partial charge is 0.506 e. The predicted octanol–water partition coefficient (Wildman–Crippen LogP) is 2.65. The molecule has 0 fully saturated rings. The van der Waals surface area contributed by atoms with Crippen molar-refractivity contribution < 1.29 is 9.52 Å². The third-order valence-electron chi connectivity index (χ3n) is 1.97. The average Bonchev–Trinajstić information content (AvgIpc) is 2.59. The standard InChI is InChI=1S/C11H11NO2/c1-2-3-7-10-12-11-8(13)5-4-6-9(11)14-10/h2-6,13H,7H2,1H3. The fraction of sp³-hybridized carbons (Fsp3) is 0.182. The van der Waals surface area contributed by atoms with E-state index in [0.29, 0.717) is 23.4 Å². The maximum absolute atomic E-state index is 9.47. The van der Waals surface area contributed by atoms with Crippen molar-refractivity contribution in [3.8, 4) is 5.75 Å². The maximum Gasteiger partial charge on any atom is 0.199 e. The first-order valence-corrected chi connectivity index (χ1v) is 4.50. The molecule has 0 amide bonds. The first kappa shape index (κ1) is 8.81. The zero-order chi connectivity index (χ0) is 9.97. The number of phenolic OH excluding ortho intramolecular Hbond substituents is 1. The van der Waals surface area contributed by atoms with Gasteiger partial charge < -0.3 is 9.52 Å². The van der Waals surface area contributed by atoms with E-state index in [1.165, 1.54) is 0 Å². The molecule has 0 aliphatic carbocycles. The fourth-order valence-corrected chi connectivity index (χ4v) is 1.29. The number of benzene rings is 1. The molecule has 1 heterocycles. The molecule has 1 aromatic carbocycles. The van der Waals surface area contributed by atoms with Gasteiger partial charge in [-0.05, 0) is 19.1 Å². The number of para-hydroxylation sites is 1. The highest BCUT2D eigenvalue weighted by Gasteiger charge is 2.06. The number of fused-ring (bicyclic) bond motifs is 1. The van der Waals surface area contributed by atoms with E-state index in [1.807, 2.05) is 19.1 Å². The minimum atomic E-state index is 0.165. The van der Waals surface area contributed by atoms with Crippen molar-refractivity contribution >= 4 is 11.1 Å². The smallest absolute Gasteiger partial charge is 0.199 e. The van der Waals surface area contributed by atoms with Crippen molar-refractivity contribution in [1.82, 2.24) is 4.98 Å². The molecule has 3 nitrogen and oxygen atoms in total. The highest BCUT2D eigenvalue weighted by atomic mass is 16.3. The number of rotatable bonds is 2. The minimum absolute atomic E-state index is 0.165. The lowest BCUT2D eigenvalue weighted by molar-refractivity contribution is 0.480. The Balaban J connectivity index is 2.46. The Hall–Kier alpha value is -1.77. The molecule has 0 spiro atoms. The Morgan fingerprint density at radius 2 is 2.36 bits per heavy atom. The van der Waals surface area contributed by atoms with E-state index in [4.69, 9.17) is 4.42 Å². The highest BCUT2D eigenvalue weighted by molar-refractivity contribution is 5.79. The molecule has 72 valence electrons. The van der Waals surface area contributed by atoms with Crippen LogP contribution in [0.5, 0.6) is 5.75 Å². The molecule has 0 aliphatic heterocycles. The van der Waals surface area contributed by atoms with Gasteiger partial charge in [-0.3, -0.25) is 0 Å². The maximum atomic E-state index is 9.47. The van der Waals surface area contributed by atoms with E-state index >= 15 is 0 Å². The van der Waals surface area contributed by atoms with Gasteiger partial charge in [-0.15, -0.1) is 0 Å². The summed E-state index contributed by atoms with van der Waals surface area (Å²) in [5, 5.41) is 9.47. The Kier molecular flexibility index (Phi) is 2.23. The second kappa shape index (κ2) is 3.54. The normalized spacial score (nSPS) is 11.5. The van der Waals surface area contributed by atoms with Crippen molar-refractivity contribution in [3.63, 3.8) is 0 Å². The Morgan fingerprint density at radius 3 is 3.07 bits per heavy atom. The highest BCUT2D eigenvalue weighted by Crippen LogP contribution is 2.24. The van der Waals surface area contributed by atoms with Crippen molar-refractivity contribution in [3.05, 3.63) is 36.2 Å². The van der Waals surface area contributed by atoms with Gasteiger partial charge in [0.2, 0.25) is 0 Å². The first-order valence-electron chi connectivity index (χ1n) is 4.50. The van der Waals surface area contributed by atoms with Crippen molar-refractivity contribution in [2.75, 3.05) is 0 Å². The number of aromatic hydroxyl groups is 1. The zero-order valence-electron chi connectivity index (χ0n) is 7.90. The van der Waals surface area contributed by atoms with Crippen molar-refractivity contribution in [1.29, 1.82) is 0 Å². The van der Waals surface area contributed by atoms with E-state index in [0.717, 1.165) is 0 Å². The third kappa shape index (κ3) is 1.48. The Bertz CT molecular complexity index is 471. The van der Waals surface area contributed by atoms with Gasteiger partial charge in [0.25, 0.3) is 0 Å². The van der Waals surface area contributed by atoms with Gasteiger partial charge in [0.05, 0.1) is 0 Å². The summed E-state index contributed by atoms with van der Waals surface area (Å²) < 4.78 is 5.43. The van der Waals surface area contributed by atoms with Gasteiger partial charge in [-0.25, -0.2) is 4.98 Å². The SMILES string of the molecule is CC=CCc1nc2c(O)cccc2o1. The lowest BCUT2D eigenvalue weighted by atomic mass is 10.3. The fourth-order valence-electron chi connectivity index (χ4n) is 1.29. The number of hydrogen-bond donors (Lipinski definition) is 1. The molecule has 0 unspecified atom stereocenters. The summed E-state index contributed by atoms with van der Waals surface area (Å²) in [6, 6.07) is 5.13. The van der Waals surface area contributed by atoms with Gasteiger partial charge in [-0.1, -0.05) is 18.2 Å². The van der Waals surface area contributed by atoms with Gasteiger partial charge in [0.1, 0.15) is 5.75 Å². The molecular weight excluding hydrogens is 178 g/mol. The molecule has 14 heavy (non-hydrogen) atoms. The summed E-state index contributed by atoms with van der Waals surface area (Å²) in [7, 11) is 0. The van der Waals surface area contributed by atoms with Gasteiger partial charge in [0, 0.05) is 6.42 Å². The van der Waals surface area contributed by atoms with Crippen LogP contribution in [0.2, 0.25) is 0 Å². The van der Waals surface area contributed by atoms with Crippen LogP contribution < -0.4 is 0 Å². The molecular formula is C11H11NO2. The molecule has 0 saturated heterocycles. The van der Waals surface area contributed by atoms with E-state index < -0.39 is 0 Å². The Morgan fingerprint density at radius 1 is 1.50 bits per heavy atom. The van der Waals surface area contributed by atoms with E-state index in [9.17, 15) is 5.11 Å². The molecule has 0 bridgehead atoms. The molecule has 1 N–H and O–H groups in total. The summed E-state index contributed by atoms with van der Waals surface area (Å²) in [5.74, 6) is 0.789. The molecule has 1 aromatic heterocycles. The van der Waals surface area contributed by atoms with E-state index in [2.05, 4.69) is 4.98 Å². The topological polar surface area (TPSA) is 46.3 Å². The molecule has 2 rings (SSSR count). The molecule has 0 radical (unpaired) electrons. The first-order chi connectivity index (χ1) is 6.81. The Labute approximate surface area is 81.7 Å². The van der Waals surface area contributed by atoms with Gasteiger partial charge in [-0.2, -0.15) is 0 Å². The number of hydrogen-bond acceptors (Lipinski definition) is 3. The second-order valence-corrected chi connectivity index (χ2v) is 3.00. The summed E-state index contributed by atoms with van der Waals surface area (Å²) in [4.78, 5) is 4.18. The number of phenols is 1. The summed E-state index contributed by atoms with van der Waals surface area (Å²) in [6.45, 7) is 1.94. The molecule has 0 saturated carbocycles. The number of oxazole rings is 1. The van der Waals surface area contributed by atoms with Crippen LogP contribution in [0.3, 0.4) is 0 Å². The van der Waals surface area contributed by atoms with Gasteiger partial charge >= 0.3 is 0 Å².